The van der Waals surface area contributed by atoms with Gasteiger partial charge in [-0.3, -0.25) is 14.6 Å². The van der Waals surface area contributed by atoms with Crippen LogP contribution in [0.1, 0.15) is 32.3 Å². The lowest BCUT2D eigenvalue weighted by atomic mass is 10.0. The molecule has 1 fully saturated rings. The van der Waals surface area contributed by atoms with E-state index in [9.17, 15) is 4.79 Å². The summed E-state index contributed by atoms with van der Waals surface area (Å²) in [6, 6.07) is 8.75. The Balaban J connectivity index is 1.76. The predicted octanol–water partition coefficient (Wildman–Crippen LogP) is 2.70. The van der Waals surface area contributed by atoms with E-state index in [-0.39, 0.29) is 6.54 Å². The number of aliphatic carboxylic acids is 1. The van der Waals surface area contributed by atoms with Gasteiger partial charge in [-0.15, -0.1) is 0 Å². The van der Waals surface area contributed by atoms with Crippen molar-refractivity contribution in [2.24, 2.45) is 5.92 Å². The van der Waals surface area contributed by atoms with E-state index in [1.165, 1.54) is 5.56 Å². The summed E-state index contributed by atoms with van der Waals surface area (Å²) in [6.07, 6.45) is 2.05. The van der Waals surface area contributed by atoms with E-state index in [1.54, 1.807) is 0 Å². The molecule has 24 heavy (non-hydrogen) atoms. The first kappa shape index (κ1) is 18.7. The van der Waals surface area contributed by atoms with Gasteiger partial charge in [-0.25, -0.2) is 0 Å². The van der Waals surface area contributed by atoms with Crippen LogP contribution in [0.15, 0.2) is 24.3 Å². The van der Waals surface area contributed by atoms with Gasteiger partial charge < -0.3 is 9.84 Å². The SMILES string of the molecule is CC(C)COc1ccc(CN2CCC(N(C)CC(=O)O)CC2)cc1. The summed E-state index contributed by atoms with van der Waals surface area (Å²) in [6.45, 7) is 8.14. The highest BCUT2D eigenvalue weighted by molar-refractivity contribution is 5.69. The van der Waals surface area contributed by atoms with E-state index in [0.29, 0.717) is 12.0 Å². The van der Waals surface area contributed by atoms with E-state index in [1.807, 2.05) is 24.1 Å². The summed E-state index contributed by atoms with van der Waals surface area (Å²) in [5.74, 6) is 0.714. The second kappa shape index (κ2) is 9.04. The van der Waals surface area contributed by atoms with Gasteiger partial charge in [-0.05, 0) is 56.6 Å². The Morgan fingerprint density at radius 1 is 1.29 bits per heavy atom. The van der Waals surface area contributed by atoms with Gasteiger partial charge >= 0.3 is 5.97 Å². The number of carbonyl (C=O) groups is 1. The van der Waals surface area contributed by atoms with Crippen molar-refractivity contribution in [3.8, 4) is 5.75 Å². The van der Waals surface area contributed by atoms with Gasteiger partial charge in [0.15, 0.2) is 0 Å². The first-order valence-electron chi connectivity index (χ1n) is 8.80. The molecule has 0 unspecified atom stereocenters. The average molecular weight is 334 g/mol. The normalized spacial score (nSPS) is 16.7. The van der Waals surface area contributed by atoms with Crippen LogP contribution in [0, 0.1) is 5.92 Å². The Morgan fingerprint density at radius 3 is 2.46 bits per heavy atom. The van der Waals surface area contributed by atoms with Crippen molar-refractivity contribution in [1.82, 2.24) is 9.80 Å². The number of piperidine rings is 1. The van der Waals surface area contributed by atoms with Crippen LogP contribution in [0.5, 0.6) is 5.75 Å². The Bertz CT molecular complexity index is 508. The summed E-state index contributed by atoms with van der Waals surface area (Å²) in [7, 11) is 1.91. The average Bonchev–Trinajstić information content (AvgIpc) is 2.54. The monoisotopic (exact) mass is 334 g/mol. The Hall–Kier alpha value is -1.59. The number of nitrogens with zero attached hydrogens (tertiary/aromatic N) is 2. The third-order valence-electron chi connectivity index (χ3n) is 4.48. The molecule has 1 aliphatic heterocycles. The van der Waals surface area contributed by atoms with Crippen molar-refractivity contribution in [3.05, 3.63) is 29.8 Å². The van der Waals surface area contributed by atoms with Gasteiger partial charge in [0.25, 0.3) is 0 Å². The molecule has 0 aromatic heterocycles. The summed E-state index contributed by atoms with van der Waals surface area (Å²) in [5, 5.41) is 8.89. The molecular weight excluding hydrogens is 304 g/mol. The van der Waals surface area contributed by atoms with Crippen LogP contribution in [0.2, 0.25) is 0 Å². The van der Waals surface area contributed by atoms with Crippen molar-refractivity contribution < 1.29 is 14.6 Å². The second-order valence-electron chi connectivity index (χ2n) is 7.16. The molecule has 1 heterocycles. The zero-order valence-corrected chi connectivity index (χ0v) is 15.1. The largest absolute Gasteiger partial charge is 0.493 e. The van der Waals surface area contributed by atoms with Crippen LogP contribution < -0.4 is 4.74 Å². The topological polar surface area (TPSA) is 53.0 Å². The van der Waals surface area contributed by atoms with Crippen LogP contribution in [0.3, 0.4) is 0 Å². The number of ether oxygens (including phenoxy) is 1. The molecule has 1 saturated heterocycles. The third-order valence-corrected chi connectivity index (χ3v) is 4.48. The predicted molar refractivity (Wildman–Crippen MR) is 95.3 cm³/mol. The zero-order valence-electron chi connectivity index (χ0n) is 15.1. The van der Waals surface area contributed by atoms with Gasteiger partial charge in [-0.1, -0.05) is 26.0 Å². The van der Waals surface area contributed by atoms with Crippen molar-refractivity contribution in [3.63, 3.8) is 0 Å². The Kier molecular flexibility index (Phi) is 7.06. The van der Waals surface area contributed by atoms with Crippen molar-refractivity contribution >= 4 is 5.97 Å². The Labute approximate surface area is 145 Å². The number of likely N-dealkylation sites (N-methyl/N-ethyl adjacent to an activating group) is 1. The van der Waals surface area contributed by atoms with Crippen LogP contribution >= 0.6 is 0 Å². The molecule has 5 heteroatoms. The molecule has 1 aliphatic rings. The fraction of sp³-hybridized carbons (Fsp3) is 0.632. The molecular formula is C19H30N2O3. The minimum absolute atomic E-state index is 0.127. The molecule has 134 valence electrons. The molecule has 0 aliphatic carbocycles. The highest BCUT2D eigenvalue weighted by atomic mass is 16.5. The lowest BCUT2D eigenvalue weighted by molar-refractivity contribution is -0.138. The molecule has 5 nitrogen and oxygen atoms in total. The van der Waals surface area contributed by atoms with Gasteiger partial charge in [0, 0.05) is 12.6 Å². The van der Waals surface area contributed by atoms with Crippen LogP contribution in [0.25, 0.3) is 0 Å². The molecule has 0 amide bonds. The first-order valence-corrected chi connectivity index (χ1v) is 8.80. The van der Waals surface area contributed by atoms with Gasteiger partial charge in [0.05, 0.1) is 13.2 Å². The summed E-state index contributed by atoms with van der Waals surface area (Å²) >= 11 is 0. The van der Waals surface area contributed by atoms with Crippen molar-refractivity contribution in [1.29, 1.82) is 0 Å². The van der Waals surface area contributed by atoms with Gasteiger partial charge in [0.1, 0.15) is 5.75 Å². The lowest BCUT2D eigenvalue weighted by Gasteiger charge is -2.36. The van der Waals surface area contributed by atoms with Crippen molar-refractivity contribution in [2.75, 3.05) is 33.3 Å². The summed E-state index contributed by atoms with van der Waals surface area (Å²) in [4.78, 5) is 15.2. The third kappa shape index (κ3) is 6.13. The molecule has 0 atom stereocenters. The highest BCUT2D eigenvalue weighted by Crippen LogP contribution is 2.19. The van der Waals surface area contributed by atoms with E-state index in [0.717, 1.165) is 44.8 Å². The lowest BCUT2D eigenvalue weighted by Crippen LogP contribution is -2.44. The van der Waals surface area contributed by atoms with E-state index in [4.69, 9.17) is 9.84 Å². The molecule has 0 bridgehead atoms. The summed E-state index contributed by atoms with van der Waals surface area (Å²) in [5.41, 5.74) is 1.30. The Morgan fingerprint density at radius 2 is 1.92 bits per heavy atom. The van der Waals surface area contributed by atoms with Crippen LogP contribution in [-0.4, -0.2) is 60.2 Å². The van der Waals surface area contributed by atoms with Gasteiger partial charge in [0.2, 0.25) is 0 Å². The minimum atomic E-state index is -0.750. The smallest absolute Gasteiger partial charge is 0.317 e. The molecule has 1 aromatic carbocycles. The molecule has 2 rings (SSSR count). The molecule has 0 saturated carbocycles. The van der Waals surface area contributed by atoms with Crippen LogP contribution in [0.4, 0.5) is 0 Å². The number of carboxylic acid groups (broad SMARTS) is 1. The second-order valence-corrected chi connectivity index (χ2v) is 7.16. The fourth-order valence-corrected chi connectivity index (χ4v) is 3.07. The number of rotatable bonds is 8. The number of hydrogen-bond acceptors (Lipinski definition) is 4. The minimum Gasteiger partial charge on any atom is -0.493 e. The molecule has 1 N–H and O–H groups in total. The van der Waals surface area contributed by atoms with Crippen LogP contribution in [-0.2, 0) is 11.3 Å². The van der Waals surface area contributed by atoms with Crippen molar-refractivity contribution in [2.45, 2.75) is 39.3 Å². The zero-order chi connectivity index (χ0) is 17.5. The maximum absolute atomic E-state index is 10.8. The maximum atomic E-state index is 10.8. The van der Waals surface area contributed by atoms with E-state index in [2.05, 4.69) is 30.9 Å². The highest BCUT2D eigenvalue weighted by Gasteiger charge is 2.23. The number of hydrogen-bond donors (Lipinski definition) is 1. The maximum Gasteiger partial charge on any atom is 0.317 e. The molecule has 0 radical (unpaired) electrons. The number of carboxylic acids is 1. The van der Waals surface area contributed by atoms with Gasteiger partial charge in [-0.2, -0.15) is 0 Å². The standard InChI is InChI=1S/C19H30N2O3/c1-15(2)14-24-18-6-4-16(5-7-18)12-21-10-8-17(9-11-21)20(3)13-19(22)23/h4-7,15,17H,8-14H2,1-3H3,(H,22,23). The molecule has 1 aromatic rings. The first-order chi connectivity index (χ1) is 11.4. The number of benzene rings is 1. The number of likely N-dealkylation sites (tertiary alicyclic amines) is 1. The quantitative estimate of drug-likeness (QED) is 0.792. The summed E-state index contributed by atoms with van der Waals surface area (Å²) < 4.78 is 5.72. The fourth-order valence-electron chi connectivity index (χ4n) is 3.07. The molecule has 0 spiro atoms. The van der Waals surface area contributed by atoms with E-state index >= 15 is 0 Å². The van der Waals surface area contributed by atoms with E-state index < -0.39 is 5.97 Å².